The fraction of sp³-hybridized carbons (Fsp3) is 0.379. The highest BCUT2D eigenvalue weighted by Crippen LogP contribution is 2.31. The topological polar surface area (TPSA) is 92.2 Å². The highest BCUT2D eigenvalue weighted by molar-refractivity contribution is 6.45. The summed E-state index contributed by atoms with van der Waals surface area (Å²) in [6.07, 6.45) is 0.509. The van der Waals surface area contributed by atoms with E-state index in [0.717, 1.165) is 15.0 Å². The predicted molar refractivity (Wildman–Crippen MR) is 149 cm³/mol. The van der Waals surface area contributed by atoms with Crippen molar-refractivity contribution in [1.82, 2.24) is 19.3 Å². The highest BCUT2D eigenvalue weighted by atomic mass is 35.5. The van der Waals surface area contributed by atoms with E-state index in [1.807, 2.05) is 13.8 Å². The molecule has 0 bridgehead atoms. The molecule has 40 heavy (non-hydrogen) atoms. The first-order chi connectivity index (χ1) is 18.9. The number of carbonyl (C=O) groups is 4. The molecule has 0 unspecified atom stereocenters. The molecule has 1 saturated heterocycles. The third-order valence-corrected chi connectivity index (χ3v) is 7.42. The number of rotatable bonds is 6. The lowest BCUT2D eigenvalue weighted by Gasteiger charge is -2.44. The molecule has 1 aliphatic rings. The standard InChI is InChI=1S/C29H32ClFN4O5/c1-6-40-29(39)35-16-23(26(36)28(38)32(4)5)21-11-22(24(30)12-25(21)35)27(37)34-14-17(2)33(13-18(34)3)15-19-7-9-20(31)10-8-19/h7-12,16-18H,6,13-15H2,1-5H3/t17-,18+/m0/s1. The van der Waals surface area contributed by atoms with Crippen LogP contribution in [0.25, 0.3) is 10.9 Å². The Morgan fingerprint density at radius 2 is 1.70 bits per heavy atom. The summed E-state index contributed by atoms with van der Waals surface area (Å²) in [6.45, 7) is 7.34. The average Bonchev–Trinajstić information content (AvgIpc) is 3.28. The number of halogens is 2. The van der Waals surface area contributed by atoms with Crippen molar-refractivity contribution in [1.29, 1.82) is 0 Å². The van der Waals surface area contributed by atoms with Crippen molar-refractivity contribution in [2.24, 2.45) is 0 Å². The molecule has 0 radical (unpaired) electrons. The molecular formula is C29H32ClFN4O5. The summed E-state index contributed by atoms with van der Waals surface area (Å²) in [4.78, 5) is 57.1. The van der Waals surface area contributed by atoms with Crippen molar-refractivity contribution in [2.75, 3.05) is 33.8 Å². The van der Waals surface area contributed by atoms with Gasteiger partial charge in [0, 0.05) is 57.4 Å². The number of carbonyl (C=O) groups excluding carboxylic acids is 4. The van der Waals surface area contributed by atoms with Gasteiger partial charge in [-0.1, -0.05) is 23.7 Å². The maximum absolute atomic E-state index is 13.8. The van der Waals surface area contributed by atoms with E-state index >= 15 is 0 Å². The zero-order valence-corrected chi connectivity index (χ0v) is 23.9. The van der Waals surface area contributed by atoms with E-state index in [2.05, 4.69) is 4.90 Å². The van der Waals surface area contributed by atoms with Crippen molar-refractivity contribution in [3.8, 4) is 0 Å². The number of piperazine rings is 1. The van der Waals surface area contributed by atoms with Gasteiger partial charge < -0.3 is 14.5 Å². The van der Waals surface area contributed by atoms with Gasteiger partial charge in [0.15, 0.2) is 0 Å². The van der Waals surface area contributed by atoms with E-state index in [1.54, 1.807) is 24.0 Å². The van der Waals surface area contributed by atoms with Crippen LogP contribution in [0.1, 0.15) is 47.1 Å². The molecule has 0 saturated carbocycles. The molecular weight excluding hydrogens is 539 g/mol. The van der Waals surface area contributed by atoms with Gasteiger partial charge in [-0.25, -0.2) is 9.18 Å². The molecule has 0 spiro atoms. The Morgan fingerprint density at radius 3 is 2.33 bits per heavy atom. The molecule has 2 amide bonds. The largest absolute Gasteiger partial charge is 0.449 e. The molecule has 2 heterocycles. The van der Waals surface area contributed by atoms with Crippen LogP contribution in [-0.4, -0.2) is 88.8 Å². The molecule has 2 aromatic carbocycles. The third-order valence-electron chi connectivity index (χ3n) is 7.11. The van der Waals surface area contributed by atoms with Crippen molar-refractivity contribution in [3.63, 3.8) is 0 Å². The van der Waals surface area contributed by atoms with Crippen molar-refractivity contribution in [3.05, 3.63) is 70.1 Å². The monoisotopic (exact) mass is 570 g/mol. The Hall–Kier alpha value is -3.76. The van der Waals surface area contributed by atoms with Gasteiger partial charge in [-0.2, -0.15) is 0 Å². The molecule has 2 atom stereocenters. The number of nitrogens with zero attached hydrogens (tertiary/aromatic N) is 4. The van der Waals surface area contributed by atoms with Crippen molar-refractivity contribution >= 4 is 46.2 Å². The Bertz CT molecular complexity index is 1470. The Morgan fingerprint density at radius 1 is 1.02 bits per heavy atom. The van der Waals surface area contributed by atoms with E-state index < -0.39 is 17.8 Å². The number of ether oxygens (including phenoxy) is 1. The van der Waals surface area contributed by atoms with Crippen LogP contribution in [0, 0.1) is 5.82 Å². The number of ketones is 1. The minimum Gasteiger partial charge on any atom is -0.449 e. The number of fused-ring (bicyclic) bond motifs is 1. The normalized spacial score (nSPS) is 17.6. The summed E-state index contributed by atoms with van der Waals surface area (Å²) in [5, 5.41) is 0.351. The Balaban J connectivity index is 1.67. The minimum atomic E-state index is -0.824. The van der Waals surface area contributed by atoms with Crippen LogP contribution in [0.3, 0.4) is 0 Å². The molecule has 1 aromatic heterocycles. The molecule has 0 aliphatic carbocycles. The van der Waals surface area contributed by atoms with Crippen LogP contribution in [0.4, 0.5) is 9.18 Å². The predicted octanol–water partition coefficient (Wildman–Crippen LogP) is 4.44. The van der Waals surface area contributed by atoms with Gasteiger partial charge in [0.2, 0.25) is 0 Å². The van der Waals surface area contributed by atoms with Crippen LogP contribution < -0.4 is 0 Å². The molecule has 1 fully saturated rings. The van der Waals surface area contributed by atoms with Crippen LogP contribution in [-0.2, 0) is 16.1 Å². The molecule has 9 nitrogen and oxygen atoms in total. The van der Waals surface area contributed by atoms with Crippen LogP contribution >= 0.6 is 11.6 Å². The van der Waals surface area contributed by atoms with E-state index in [9.17, 15) is 23.6 Å². The molecule has 4 rings (SSSR count). The van der Waals surface area contributed by atoms with E-state index in [-0.39, 0.29) is 57.5 Å². The highest BCUT2D eigenvalue weighted by Gasteiger charge is 2.34. The summed E-state index contributed by atoms with van der Waals surface area (Å²) in [6, 6.07) is 9.11. The zero-order valence-electron chi connectivity index (χ0n) is 23.1. The quantitative estimate of drug-likeness (QED) is 0.321. The Labute approximate surface area is 237 Å². The van der Waals surface area contributed by atoms with Crippen molar-refractivity contribution < 1.29 is 28.3 Å². The number of aromatic nitrogens is 1. The summed E-state index contributed by atoms with van der Waals surface area (Å²) in [5.74, 6) is -2.21. The fourth-order valence-corrected chi connectivity index (χ4v) is 5.17. The number of hydrogen-bond acceptors (Lipinski definition) is 6. The second kappa shape index (κ2) is 11.8. The number of Topliss-reactive ketones (excluding diaryl/α,β-unsaturated/α-hetero) is 1. The van der Waals surface area contributed by atoms with E-state index in [0.29, 0.717) is 19.6 Å². The SMILES string of the molecule is CCOC(=O)n1cc(C(=O)C(=O)N(C)C)c2cc(C(=O)N3C[C@H](C)N(Cc4ccc(F)cc4)C[C@H]3C)c(Cl)cc21. The summed E-state index contributed by atoms with van der Waals surface area (Å²) < 4.78 is 19.6. The first-order valence-corrected chi connectivity index (χ1v) is 13.4. The maximum atomic E-state index is 13.8. The van der Waals surface area contributed by atoms with Gasteiger partial charge in [-0.05, 0) is 50.6 Å². The second-order valence-electron chi connectivity index (χ2n) is 10.2. The van der Waals surface area contributed by atoms with Crippen molar-refractivity contribution in [2.45, 2.75) is 39.4 Å². The van der Waals surface area contributed by atoms with Gasteiger partial charge in [0.25, 0.3) is 17.6 Å². The maximum Gasteiger partial charge on any atom is 0.418 e. The summed E-state index contributed by atoms with van der Waals surface area (Å²) in [7, 11) is 2.91. The Kier molecular flexibility index (Phi) is 8.60. The molecule has 3 aromatic rings. The number of benzene rings is 2. The number of hydrogen-bond donors (Lipinski definition) is 0. The summed E-state index contributed by atoms with van der Waals surface area (Å²) in [5.41, 5.74) is 1.36. The summed E-state index contributed by atoms with van der Waals surface area (Å²) >= 11 is 6.59. The smallest absolute Gasteiger partial charge is 0.418 e. The van der Waals surface area contributed by atoms with Gasteiger partial charge in [-0.3, -0.25) is 23.9 Å². The molecule has 212 valence electrons. The number of amides is 2. The van der Waals surface area contributed by atoms with Crippen LogP contribution in [0.2, 0.25) is 5.02 Å². The minimum absolute atomic E-state index is 0.00691. The second-order valence-corrected chi connectivity index (χ2v) is 10.6. The molecule has 1 aliphatic heterocycles. The van der Waals surface area contributed by atoms with Gasteiger partial charge in [0.1, 0.15) is 5.82 Å². The first-order valence-electron chi connectivity index (χ1n) is 13.0. The lowest BCUT2D eigenvalue weighted by atomic mass is 10.0. The zero-order chi connectivity index (χ0) is 29.3. The van der Waals surface area contributed by atoms with Gasteiger partial charge >= 0.3 is 6.09 Å². The molecule has 0 N–H and O–H groups in total. The van der Waals surface area contributed by atoms with Gasteiger partial charge in [0.05, 0.1) is 28.3 Å². The van der Waals surface area contributed by atoms with Crippen LogP contribution in [0.15, 0.2) is 42.6 Å². The molecule has 11 heteroatoms. The van der Waals surface area contributed by atoms with E-state index in [4.69, 9.17) is 16.3 Å². The third kappa shape index (κ3) is 5.73. The lowest BCUT2D eigenvalue weighted by molar-refractivity contribution is -0.124. The first kappa shape index (κ1) is 29.2. The van der Waals surface area contributed by atoms with Crippen LogP contribution in [0.5, 0.6) is 0 Å². The van der Waals surface area contributed by atoms with Gasteiger partial charge in [-0.15, -0.1) is 0 Å². The fourth-order valence-electron chi connectivity index (χ4n) is 4.93. The number of likely N-dealkylation sites (N-methyl/N-ethyl adjacent to an activating group) is 1. The van der Waals surface area contributed by atoms with E-state index in [1.165, 1.54) is 44.6 Å². The average molecular weight is 571 g/mol. The lowest BCUT2D eigenvalue weighted by Crippen LogP contribution is -2.57.